The predicted molar refractivity (Wildman–Crippen MR) is 89.6 cm³/mol. The van der Waals surface area contributed by atoms with Crippen LogP contribution in [0.5, 0.6) is 0 Å². The quantitative estimate of drug-likeness (QED) is 0.311. The van der Waals surface area contributed by atoms with Gasteiger partial charge in [-0.3, -0.25) is 9.59 Å². The zero-order valence-electron chi connectivity index (χ0n) is 14.3. The SMILES string of the molecule is CCC/C=C/[C@H]1CCC(=O)[C@@H]1CCCCCCC(=O)OCC. The van der Waals surface area contributed by atoms with Crippen molar-refractivity contribution in [2.24, 2.45) is 11.8 Å². The lowest BCUT2D eigenvalue weighted by Gasteiger charge is -2.14. The molecule has 3 nitrogen and oxygen atoms in total. The second-order valence-corrected chi connectivity index (χ2v) is 6.25. The van der Waals surface area contributed by atoms with Crippen LogP contribution in [-0.4, -0.2) is 18.4 Å². The molecule has 126 valence electrons. The van der Waals surface area contributed by atoms with E-state index >= 15 is 0 Å². The minimum atomic E-state index is -0.0883. The minimum absolute atomic E-state index is 0.0883. The lowest BCUT2D eigenvalue weighted by molar-refractivity contribution is -0.143. The number of hydrogen-bond donors (Lipinski definition) is 0. The zero-order valence-corrected chi connectivity index (χ0v) is 14.3. The Morgan fingerprint density at radius 1 is 1.23 bits per heavy atom. The second-order valence-electron chi connectivity index (χ2n) is 6.25. The average Bonchev–Trinajstić information content (AvgIpc) is 2.84. The van der Waals surface area contributed by atoms with Gasteiger partial charge in [-0.15, -0.1) is 0 Å². The number of ketones is 1. The molecule has 0 aliphatic heterocycles. The lowest BCUT2D eigenvalue weighted by Crippen LogP contribution is -2.13. The summed E-state index contributed by atoms with van der Waals surface area (Å²) in [5.41, 5.74) is 0. The monoisotopic (exact) mass is 308 g/mol. The summed E-state index contributed by atoms with van der Waals surface area (Å²) in [6, 6.07) is 0. The van der Waals surface area contributed by atoms with Gasteiger partial charge in [0.25, 0.3) is 0 Å². The summed E-state index contributed by atoms with van der Waals surface area (Å²) in [6.07, 6.45) is 14.3. The van der Waals surface area contributed by atoms with Gasteiger partial charge in [0.1, 0.15) is 5.78 Å². The summed E-state index contributed by atoms with van der Waals surface area (Å²) in [4.78, 5) is 23.2. The van der Waals surface area contributed by atoms with Crippen LogP contribution in [0, 0.1) is 11.8 Å². The predicted octanol–water partition coefficient (Wildman–Crippen LogP) is 4.84. The van der Waals surface area contributed by atoms with Crippen LogP contribution in [0.1, 0.15) is 78.1 Å². The molecule has 0 N–H and O–H groups in total. The van der Waals surface area contributed by atoms with Crippen molar-refractivity contribution in [2.75, 3.05) is 6.61 Å². The highest BCUT2D eigenvalue weighted by atomic mass is 16.5. The van der Waals surface area contributed by atoms with Crippen molar-refractivity contribution in [1.29, 1.82) is 0 Å². The third kappa shape index (κ3) is 7.24. The van der Waals surface area contributed by atoms with Crippen molar-refractivity contribution in [3.05, 3.63) is 12.2 Å². The minimum Gasteiger partial charge on any atom is -0.466 e. The van der Waals surface area contributed by atoms with Crippen LogP contribution in [0.25, 0.3) is 0 Å². The van der Waals surface area contributed by atoms with E-state index in [1.54, 1.807) is 0 Å². The molecule has 0 heterocycles. The maximum absolute atomic E-state index is 12.0. The zero-order chi connectivity index (χ0) is 16.2. The molecule has 0 aromatic carbocycles. The molecule has 1 fully saturated rings. The maximum Gasteiger partial charge on any atom is 0.305 e. The molecule has 0 radical (unpaired) electrons. The Morgan fingerprint density at radius 2 is 2.00 bits per heavy atom. The number of rotatable bonds is 11. The molecule has 0 bridgehead atoms. The number of hydrogen-bond acceptors (Lipinski definition) is 3. The Morgan fingerprint density at radius 3 is 2.73 bits per heavy atom. The molecule has 2 atom stereocenters. The highest BCUT2D eigenvalue weighted by Crippen LogP contribution is 2.33. The van der Waals surface area contributed by atoms with Crippen LogP contribution in [0.15, 0.2) is 12.2 Å². The summed E-state index contributed by atoms with van der Waals surface area (Å²) in [6.45, 7) is 4.48. The van der Waals surface area contributed by atoms with E-state index < -0.39 is 0 Å². The van der Waals surface area contributed by atoms with Crippen LogP contribution in [0.4, 0.5) is 0 Å². The highest BCUT2D eigenvalue weighted by Gasteiger charge is 2.31. The van der Waals surface area contributed by atoms with E-state index in [2.05, 4.69) is 19.1 Å². The molecule has 1 aliphatic carbocycles. The first kappa shape index (κ1) is 18.9. The smallest absolute Gasteiger partial charge is 0.305 e. The standard InChI is InChI=1S/C19H32O3/c1-3-5-8-11-16-14-15-18(20)17(16)12-9-6-7-10-13-19(21)22-4-2/h8,11,16-17H,3-7,9-10,12-15H2,1-2H3/b11-8+/t16-,17+/m0/s1. The van der Waals surface area contributed by atoms with Crippen molar-refractivity contribution in [1.82, 2.24) is 0 Å². The van der Waals surface area contributed by atoms with Gasteiger partial charge >= 0.3 is 5.97 Å². The Hall–Kier alpha value is -1.12. The van der Waals surface area contributed by atoms with Crippen molar-refractivity contribution >= 4 is 11.8 Å². The fourth-order valence-electron chi connectivity index (χ4n) is 3.20. The van der Waals surface area contributed by atoms with E-state index in [4.69, 9.17) is 4.74 Å². The normalized spacial score (nSPS) is 21.6. The molecular weight excluding hydrogens is 276 g/mol. The van der Waals surface area contributed by atoms with E-state index in [-0.39, 0.29) is 11.9 Å². The Balaban J connectivity index is 2.16. The van der Waals surface area contributed by atoms with E-state index in [0.29, 0.717) is 24.7 Å². The van der Waals surface area contributed by atoms with E-state index in [0.717, 1.165) is 51.4 Å². The molecule has 0 aromatic rings. The van der Waals surface area contributed by atoms with E-state index in [1.807, 2.05) is 6.92 Å². The van der Waals surface area contributed by atoms with Crippen molar-refractivity contribution in [3.8, 4) is 0 Å². The van der Waals surface area contributed by atoms with Crippen molar-refractivity contribution < 1.29 is 14.3 Å². The number of ether oxygens (including phenoxy) is 1. The van der Waals surface area contributed by atoms with Crippen LogP contribution >= 0.6 is 0 Å². The Bertz CT molecular complexity index is 360. The van der Waals surface area contributed by atoms with E-state index in [9.17, 15) is 9.59 Å². The Kier molecular flexibility index (Phi) is 9.85. The van der Waals surface area contributed by atoms with Crippen molar-refractivity contribution in [3.63, 3.8) is 0 Å². The van der Waals surface area contributed by atoms with Gasteiger partial charge in [0.05, 0.1) is 6.61 Å². The third-order valence-corrected chi connectivity index (χ3v) is 4.44. The number of carbonyl (C=O) groups is 2. The van der Waals surface area contributed by atoms with Gasteiger partial charge < -0.3 is 4.74 Å². The molecule has 3 heteroatoms. The molecule has 0 aromatic heterocycles. The van der Waals surface area contributed by atoms with Gasteiger partial charge in [0, 0.05) is 18.8 Å². The maximum atomic E-state index is 12.0. The van der Waals surface area contributed by atoms with Crippen molar-refractivity contribution in [2.45, 2.75) is 78.1 Å². The molecule has 1 rings (SSSR count). The first-order chi connectivity index (χ1) is 10.7. The molecule has 0 saturated heterocycles. The molecule has 1 saturated carbocycles. The summed E-state index contributed by atoms with van der Waals surface area (Å²) >= 11 is 0. The highest BCUT2D eigenvalue weighted by molar-refractivity contribution is 5.83. The van der Waals surface area contributed by atoms with Gasteiger partial charge in [-0.05, 0) is 38.5 Å². The van der Waals surface area contributed by atoms with Gasteiger partial charge in [0.2, 0.25) is 0 Å². The third-order valence-electron chi connectivity index (χ3n) is 4.44. The number of esters is 1. The fourth-order valence-corrected chi connectivity index (χ4v) is 3.20. The van der Waals surface area contributed by atoms with Crippen LogP contribution < -0.4 is 0 Å². The van der Waals surface area contributed by atoms with Crippen LogP contribution in [0.3, 0.4) is 0 Å². The summed E-state index contributed by atoms with van der Waals surface area (Å²) in [5.74, 6) is 1.09. The van der Waals surface area contributed by atoms with Crippen LogP contribution in [-0.2, 0) is 14.3 Å². The van der Waals surface area contributed by atoms with Crippen LogP contribution in [0.2, 0.25) is 0 Å². The molecule has 1 aliphatic rings. The lowest BCUT2D eigenvalue weighted by atomic mass is 9.89. The first-order valence-corrected chi connectivity index (χ1v) is 9.04. The summed E-state index contributed by atoms with van der Waals surface area (Å²) < 4.78 is 4.91. The Labute approximate surface area is 135 Å². The molecule has 0 unspecified atom stereocenters. The fraction of sp³-hybridized carbons (Fsp3) is 0.789. The molecule has 0 amide bonds. The average molecular weight is 308 g/mol. The largest absolute Gasteiger partial charge is 0.466 e. The number of Topliss-reactive ketones (excluding diaryl/α,β-unsaturated/α-hetero) is 1. The summed E-state index contributed by atoms with van der Waals surface area (Å²) in [5, 5.41) is 0. The topological polar surface area (TPSA) is 43.4 Å². The summed E-state index contributed by atoms with van der Waals surface area (Å²) in [7, 11) is 0. The molecule has 22 heavy (non-hydrogen) atoms. The number of unbranched alkanes of at least 4 members (excludes halogenated alkanes) is 4. The number of allylic oxidation sites excluding steroid dienone is 2. The van der Waals surface area contributed by atoms with Gasteiger partial charge in [-0.25, -0.2) is 0 Å². The van der Waals surface area contributed by atoms with Gasteiger partial charge in [-0.2, -0.15) is 0 Å². The van der Waals surface area contributed by atoms with E-state index in [1.165, 1.54) is 6.42 Å². The number of carbonyl (C=O) groups excluding carboxylic acids is 2. The van der Waals surface area contributed by atoms with Gasteiger partial charge in [0.15, 0.2) is 0 Å². The first-order valence-electron chi connectivity index (χ1n) is 9.04. The van der Waals surface area contributed by atoms with Gasteiger partial charge in [-0.1, -0.05) is 44.8 Å². The second kappa shape index (κ2) is 11.4. The molecule has 0 spiro atoms. The molecular formula is C19H32O3.